The van der Waals surface area contributed by atoms with Gasteiger partial charge >= 0.3 is 0 Å². The Labute approximate surface area is 90.7 Å². The number of carbonyl (C=O) groups excluding carboxylic acids is 1. The summed E-state index contributed by atoms with van der Waals surface area (Å²) in [4.78, 5) is 13.0. The van der Waals surface area contributed by atoms with Crippen molar-refractivity contribution in [3.05, 3.63) is 12.3 Å². The van der Waals surface area contributed by atoms with Crippen LogP contribution in [0.4, 0.5) is 0 Å². The molecule has 1 amide bonds. The number of halogens is 1. The van der Waals surface area contributed by atoms with Crippen LogP contribution in [0.5, 0.6) is 0 Å². The van der Waals surface area contributed by atoms with Crippen LogP contribution in [0.2, 0.25) is 0 Å². The Morgan fingerprint density at radius 3 is 2.50 bits per heavy atom. The van der Waals surface area contributed by atoms with Crippen LogP contribution >= 0.6 is 11.6 Å². The molecule has 0 unspecified atom stereocenters. The second-order valence-corrected chi connectivity index (χ2v) is 3.59. The minimum absolute atomic E-state index is 0.0184. The molecule has 0 aromatic heterocycles. The number of carbonyl (C=O) groups is 1. The predicted molar refractivity (Wildman–Crippen MR) is 58.3 cm³/mol. The second kappa shape index (κ2) is 6.85. The molecule has 0 atom stereocenters. The number of hydrogen-bond donors (Lipinski definition) is 0. The summed E-state index contributed by atoms with van der Waals surface area (Å²) in [7, 11) is 1.60. The van der Waals surface area contributed by atoms with E-state index in [-0.39, 0.29) is 17.7 Å². The highest BCUT2D eigenvalue weighted by molar-refractivity contribution is 6.27. The molecule has 0 aromatic carbocycles. The molecule has 0 radical (unpaired) electrons. The number of rotatable bonds is 6. The van der Waals surface area contributed by atoms with E-state index in [1.807, 2.05) is 13.8 Å². The first-order valence-electron chi connectivity index (χ1n) is 4.58. The fourth-order valence-corrected chi connectivity index (χ4v) is 1.14. The summed E-state index contributed by atoms with van der Waals surface area (Å²) in [5.74, 6) is 0.0940. The second-order valence-electron chi connectivity index (χ2n) is 3.32. The number of allylic oxidation sites excluding steroid dienone is 1. The first-order valence-corrected chi connectivity index (χ1v) is 5.12. The molecule has 0 N–H and O–H groups in total. The van der Waals surface area contributed by atoms with Crippen molar-refractivity contribution in [2.24, 2.45) is 5.92 Å². The summed E-state index contributed by atoms with van der Waals surface area (Å²) < 4.78 is 4.92. The van der Waals surface area contributed by atoms with E-state index in [0.717, 1.165) is 5.70 Å². The van der Waals surface area contributed by atoms with Crippen LogP contribution in [0.3, 0.4) is 0 Å². The van der Waals surface area contributed by atoms with Crippen molar-refractivity contribution in [2.45, 2.75) is 13.8 Å². The molecule has 3 nitrogen and oxygen atoms in total. The van der Waals surface area contributed by atoms with Gasteiger partial charge in [-0.05, 0) is 5.92 Å². The smallest absolute Gasteiger partial charge is 0.241 e. The lowest BCUT2D eigenvalue weighted by molar-refractivity contribution is -0.127. The van der Waals surface area contributed by atoms with Crippen molar-refractivity contribution in [3.8, 4) is 0 Å². The minimum Gasteiger partial charge on any atom is -0.383 e. The molecule has 0 fully saturated rings. The standard InChI is InChI=1S/C10H18ClNO2/c1-8(2)9(3)12(5-6-14-4)10(13)7-11/h8H,3,5-7H2,1-2,4H3. The summed E-state index contributed by atoms with van der Waals surface area (Å²) in [6, 6.07) is 0. The molecular weight excluding hydrogens is 202 g/mol. The molecule has 0 aromatic rings. The van der Waals surface area contributed by atoms with E-state index in [1.54, 1.807) is 12.0 Å². The lowest BCUT2D eigenvalue weighted by atomic mass is 10.1. The molecule has 14 heavy (non-hydrogen) atoms. The number of methoxy groups -OCH3 is 1. The van der Waals surface area contributed by atoms with Gasteiger partial charge in [-0.1, -0.05) is 20.4 Å². The predicted octanol–water partition coefficient (Wildman–Crippen LogP) is 1.87. The normalized spacial score (nSPS) is 10.4. The Balaban J connectivity index is 4.38. The molecule has 0 saturated carbocycles. The molecule has 0 aliphatic rings. The molecule has 4 heteroatoms. The summed E-state index contributed by atoms with van der Waals surface area (Å²) in [6.45, 7) is 8.85. The van der Waals surface area contributed by atoms with Gasteiger partial charge in [-0.25, -0.2) is 0 Å². The monoisotopic (exact) mass is 219 g/mol. The van der Waals surface area contributed by atoms with Crippen LogP contribution in [-0.4, -0.2) is 36.9 Å². The van der Waals surface area contributed by atoms with Gasteiger partial charge in [0.1, 0.15) is 5.88 Å². The van der Waals surface area contributed by atoms with E-state index in [9.17, 15) is 4.79 Å². The summed E-state index contributed by atoms with van der Waals surface area (Å²) in [6.07, 6.45) is 0. The van der Waals surface area contributed by atoms with Gasteiger partial charge in [0, 0.05) is 19.4 Å². The van der Waals surface area contributed by atoms with Crippen LogP contribution in [-0.2, 0) is 9.53 Å². The molecule has 0 bridgehead atoms. The van der Waals surface area contributed by atoms with Gasteiger partial charge in [-0.3, -0.25) is 4.79 Å². The number of ether oxygens (including phenoxy) is 1. The highest BCUT2D eigenvalue weighted by Crippen LogP contribution is 2.13. The molecule has 0 heterocycles. The molecule has 0 rings (SSSR count). The maximum Gasteiger partial charge on any atom is 0.241 e. The van der Waals surface area contributed by atoms with Gasteiger partial charge < -0.3 is 9.64 Å². The van der Waals surface area contributed by atoms with Crippen LogP contribution in [0.25, 0.3) is 0 Å². The zero-order chi connectivity index (χ0) is 11.1. The molecule has 0 aliphatic carbocycles. The van der Waals surface area contributed by atoms with E-state index in [0.29, 0.717) is 13.2 Å². The fourth-order valence-electron chi connectivity index (χ4n) is 0.995. The third-order valence-electron chi connectivity index (χ3n) is 1.95. The number of hydrogen-bond acceptors (Lipinski definition) is 2. The molecule has 0 saturated heterocycles. The zero-order valence-corrected chi connectivity index (χ0v) is 9.80. The Morgan fingerprint density at radius 2 is 2.14 bits per heavy atom. The lowest BCUT2D eigenvalue weighted by Gasteiger charge is -2.26. The summed E-state index contributed by atoms with van der Waals surface area (Å²) in [5.41, 5.74) is 0.785. The van der Waals surface area contributed by atoms with Crippen molar-refractivity contribution in [3.63, 3.8) is 0 Å². The van der Waals surface area contributed by atoms with Gasteiger partial charge in [-0.15, -0.1) is 11.6 Å². The molecule has 0 aliphatic heterocycles. The van der Waals surface area contributed by atoms with E-state index in [4.69, 9.17) is 16.3 Å². The molecular formula is C10H18ClNO2. The van der Waals surface area contributed by atoms with Gasteiger partial charge in [0.05, 0.1) is 6.61 Å². The summed E-state index contributed by atoms with van der Waals surface area (Å²) >= 11 is 5.50. The fraction of sp³-hybridized carbons (Fsp3) is 0.700. The number of alkyl halides is 1. The van der Waals surface area contributed by atoms with E-state index in [1.165, 1.54) is 0 Å². The maximum atomic E-state index is 11.4. The van der Waals surface area contributed by atoms with Crippen LogP contribution in [0.1, 0.15) is 13.8 Å². The first kappa shape index (κ1) is 13.5. The lowest BCUT2D eigenvalue weighted by Crippen LogP contribution is -2.35. The van der Waals surface area contributed by atoms with Crippen LogP contribution in [0.15, 0.2) is 12.3 Å². The number of amides is 1. The zero-order valence-electron chi connectivity index (χ0n) is 9.05. The van der Waals surface area contributed by atoms with Crippen molar-refractivity contribution in [2.75, 3.05) is 26.1 Å². The van der Waals surface area contributed by atoms with Crippen molar-refractivity contribution < 1.29 is 9.53 Å². The van der Waals surface area contributed by atoms with Gasteiger partial charge in [0.25, 0.3) is 0 Å². The Bertz CT molecular complexity index is 204. The van der Waals surface area contributed by atoms with Crippen molar-refractivity contribution >= 4 is 17.5 Å². The van der Waals surface area contributed by atoms with Gasteiger partial charge in [-0.2, -0.15) is 0 Å². The SMILES string of the molecule is C=C(C(C)C)N(CCOC)C(=O)CCl. The Hall–Kier alpha value is -0.540. The average molecular weight is 220 g/mol. The topological polar surface area (TPSA) is 29.5 Å². The molecule has 82 valence electrons. The Kier molecular flexibility index (Phi) is 6.58. The van der Waals surface area contributed by atoms with E-state index >= 15 is 0 Å². The quantitative estimate of drug-likeness (QED) is 0.639. The van der Waals surface area contributed by atoms with E-state index < -0.39 is 0 Å². The average Bonchev–Trinajstić information content (AvgIpc) is 2.17. The number of nitrogens with zero attached hydrogens (tertiary/aromatic N) is 1. The van der Waals surface area contributed by atoms with Gasteiger partial charge in [0.2, 0.25) is 5.91 Å². The van der Waals surface area contributed by atoms with Crippen molar-refractivity contribution in [1.82, 2.24) is 4.90 Å². The third kappa shape index (κ3) is 4.11. The van der Waals surface area contributed by atoms with Crippen LogP contribution < -0.4 is 0 Å². The van der Waals surface area contributed by atoms with Crippen molar-refractivity contribution in [1.29, 1.82) is 0 Å². The van der Waals surface area contributed by atoms with Crippen LogP contribution in [0, 0.1) is 5.92 Å². The largest absolute Gasteiger partial charge is 0.383 e. The van der Waals surface area contributed by atoms with Gasteiger partial charge in [0.15, 0.2) is 0 Å². The summed E-state index contributed by atoms with van der Waals surface area (Å²) in [5, 5.41) is 0. The first-order chi connectivity index (χ1) is 6.54. The third-order valence-corrected chi connectivity index (χ3v) is 2.18. The molecule has 0 spiro atoms. The highest BCUT2D eigenvalue weighted by atomic mass is 35.5. The maximum absolute atomic E-state index is 11.4. The minimum atomic E-state index is -0.123. The van der Waals surface area contributed by atoms with E-state index in [2.05, 4.69) is 6.58 Å². The Morgan fingerprint density at radius 1 is 1.57 bits per heavy atom. The highest BCUT2D eigenvalue weighted by Gasteiger charge is 2.17.